The zero-order valence-corrected chi connectivity index (χ0v) is 11.8. The molecule has 0 atom stereocenters. The maximum absolute atomic E-state index is 12.3. The summed E-state index contributed by atoms with van der Waals surface area (Å²) in [4.78, 5) is 25.4. The molecule has 1 N–H and O–H groups in total. The molecule has 108 valence electrons. The summed E-state index contributed by atoms with van der Waals surface area (Å²) in [6.45, 7) is 0.523. The highest BCUT2D eigenvalue weighted by atomic mass is 16.4. The van der Waals surface area contributed by atoms with Crippen LogP contribution in [0.5, 0.6) is 0 Å². The van der Waals surface area contributed by atoms with Gasteiger partial charge in [0, 0.05) is 20.0 Å². The Morgan fingerprint density at radius 1 is 1.20 bits per heavy atom. The van der Waals surface area contributed by atoms with E-state index in [0.29, 0.717) is 19.4 Å². The third kappa shape index (κ3) is 3.18. The topological polar surface area (TPSA) is 57.6 Å². The van der Waals surface area contributed by atoms with Crippen LogP contribution in [0.15, 0.2) is 30.3 Å². The predicted octanol–water partition coefficient (Wildman–Crippen LogP) is 2.68. The summed E-state index contributed by atoms with van der Waals surface area (Å²) < 4.78 is 0. The Labute approximate surface area is 119 Å². The number of hydrogen-bond donors (Lipinski definition) is 1. The normalized spacial score (nSPS) is 16.9. The molecular formula is C16H21NO3. The zero-order valence-electron chi connectivity index (χ0n) is 11.8. The average molecular weight is 275 g/mol. The molecule has 1 fully saturated rings. The molecule has 1 aromatic carbocycles. The van der Waals surface area contributed by atoms with Crippen molar-refractivity contribution in [3.8, 4) is 0 Å². The van der Waals surface area contributed by atoms with Crippen LogP contribution in [0.25, 0.3) is 0 Å². The van der Waals surface area contributed by atoms with Crippen molar-refractivity contribution in [1.82, 2.24) is 4.90 Å². The number of amides is 1. The second kappa shape index (κ2) is 6.07. The van der Waals surface area contributed by atoms with Crippen molar-refractivity contribution in [2.45, 2.75) is 38.6 Å². The van der Waals surface area contributed by atoms with Crippen molar-refractivity contribution in [3.05, 3.63) is 35.9 Å². The monoisotopic (exact) mass is 275 g/mol. The van der Waals surface area contributed by atoms with Crippen LogP contribution in [0.2, 0.25) is 0 Å². The molecule has 20 heavy (non-hydrogen) atoms. The number of hydrogen-bond acceptors (Lipinski definition) is 2. The highest BCUT2D eigenvalue weighted by Crippen LogP contribution is 2.41. The molecule has 4 nitrogen and oxygen atoms in total. The number of aliphatic carboxylic acids is 1. The Hall–Kier alpha value is -1.84. The second-order valence-electron chi connectivity index (χ2n) is 5.70. The Kier molecular flexibility index (Phi) is 4.42. The summed E-state index contributed by atoms with van der Waals surface area (Å²) in [5.41, 5.74) is 0.223. The molecule has 1 amide bonds. The molecular weight excluding hydrogens is 254 g/mol. The Balaban J connectivity index is 1.98. The first-order chi connectivity index (χ1) is 9.53. The highest BCUT2D eigenvalue weighted by molar-refractivity contribution is 5.85. The molecule has 1 aliphatic rings. The fraction of sp³-hybridized carbons (Fsp3) is 0.500. The van der Waals surface area contributed by atoms with E-state index in [0.717, 1.165) is 18.4 Å². The van der Waals surface area contributed by atoms with E-state index in [9.17, 15) is 14.7 Å². The van der Waals surface area contributed by atoms with Crippen molar-refractivity contribution in [3.63, 3.8) is 0 Å². The number of carboxylic acids is 1. The number of carbonyl (C=O) groups is 2. The maximum atomic E-state index is 12.3. The minimum Gasteiger partial charge on any atom is -0.481 e. The predicted molar refractivity (Wildman–Crippen MR) is 76.1 cm³/mol. The number of carbonyl (C=O) groups excluding carboxylic acids is 1. The molecule has 0 spiro atoms. The van der Waals surface area contributed by atoms with Crippen LogP contribution in [0, 0.1) is 5.41 Å². The Morgan fingerprint density at radius 3 is 2.35 bits per heavy atom. The number of benzene rings is 1. The molecule has 1 aromatic rings. The summed E-state index contributed by atoms with van der Waals surface area (Å²) >= 11 is 0. The van der Waals surface area contributed by atoms with Gasteiger partial charge in [0.15, 0.2) is 0 Å². The molecule has 0 saturated heterocycles. The lowest BCUT2D eigenvalue weighted by Crippen LogP contribution is -2.36. The second-order valence-corrected chi connectivity index (χ2v) is 5.70. The lowest BCUT2D eigenvalue weighted by Gasteiger charge is -2.26. The first-order valence-electron chi connectivity index (χ1n) is 7.05. The van der Waals surface area contributed by atoms with Crippen LogP contribution >= 0.6 is 0 Å². The average Bonchev–Trinajstić information content (AvgIpc) is 2.89. The molecule has 1 saturated carbocycles. The summed E-state index contributed by atoms with van der Waals surface area (Å²) in [7, 11) is 1.74. The maximum Gasteiger partial charge on any atom is 0.310 e. The Bertz CT molecular complexity index is 478. The van der Waals surface area contributed by atoms with Crippen LogP contribution < -0.4 is 0 Å². The number of nitrogens with zero attached hydrogens (tertiary/aromatic N) is 1. The van der Waals surface area contributed by atoms with Gasteiger partial charge in [-0.25, -0.2) is 0 Å². The molecule has 2 rings (SSSR count). The van der Waals surface area contributed by atoms with Crippen LogP contribution in [-0.4, -0.2) is 28.9 Å². The molecule has 1 aliphatic carbocycles. The summed E-state index contributed by atoms with van der Waals surface area (Å²) in [6, 6.07) is 9.73. The third-order valence-electron chi connectivity index (χ3n) is 4.19. The van der Waals surface area contributed by atoms with Crippen LogP contribution in [0.1, 0.15) is 37.7 Å². The van der Waals surface area contributed by atoms with Gasteiger partial charge in [-0.05, 0) is 18.4 Å². The molecule has 0 radical (unpaired) electrons. The van der Waals surface area contributed by atoms with Crippen LogP contribution in [0.4, 0.5) is 0 Å². The standard InChI is InChI=1S/C16H21NO3/c1-17(12-13-7-3-2-4-8-13)14(18)11-16(15(19)20)9-5-6-10-16/h2-4,7-8H,5-6,9-12H2,1H3,(H,19,20). The summed E-state index contributed by atoms with van der Waals surface area (Å²) in [6.07, 6.45) is 3.16. The molecule has 4 heteroatoms. The van der Waals surface area contributed by atoms with E-state index in [-0.39, 0.29) is 12.3 Å². The van der Waals surface area contributed by atoms with E-state index >= 15 is 0 Å². The van der Waals surface area contributed by atoms with E-state index < -0.39 is 11.4 Å². The third-order valence-corrected chi connectivity index (χ3v) is 4.19. The molecule has 0 unspecified atom stereocenters. The fourth-order valence-electron chi connectivity index (χ4n) is 2.89. The summed E-state index contributed by atoms with van der Waals surface area (Å²) in [5, 5.41) is 9.41. The smallest absolute Gasteiger partial charge is 0.310 e. The van der Waals surface area contributed by atoms with Crippen molar-refractivity contribution < 1.29 is 14.7 Å². The van der Waals surface area contributed by atoms with E-state index in [1.807, 2.05) is 30.3 Å². The number of rotatable bonds is 5. The van der Waals surface area contributed by atoms with Crippen molar-refractivity contribution in [2.24, 2.45) is 5.41 Å². The van der Waals surface area contributed by atoms with Crippen LogP contribution in [0.3, 0.4) is 0 Å². The van der Waals surface area contributed by atoms with Crippen molar-refractivity contribution in [1.29, 1.82) is 0 Å². The van der Waals surface area contributed by atoms with Gasteiger partial charge in [0.2, 0.25) is 5.91 Å². The van der Waals surface area contributed by atoms with E-state index in [4.69, 9.17) is 0 Å². The van der Waals surface area contributed by atoms with Crippen molar-refractivity contribution >= 4 is 11.9 Å². The first-order valence-corrected chi connectivity index (χ1v) is 7.05. The SMILES string of the molecule is CN(Cc1ccccc1)C(=O)CC1(C(=O)O)CCCC1. The lowest BCUT2D eigenvalue weighted by atomic mass is 9.82. The molecule has 0 aromatic heterocycles. The fourth-order valence-corrected chi connectivity index (χ4v) is 2.89. The minimum atomic E-state index is -0.831. The molecule has 0 heterocycles. The van der Waals surface area contributed by atoms with Gasteiger partial charge in [0.25, 0.3) is 0 Å². The van der Waals surface area contributed by atoms with Gasteiger partial charge in [0.05, 0.1) is 5.41 Å². The van der Waals surface area contributed by atoms with Gasteiger partial charge in [-0.2, -0.15) is 0 Å². The zero-order chi connectivity index (χ0) is 14.6. The van der Waals surface area contributed by atoms with Crippen LogP contribution in [-0.2, 0) is 16.1 Å². The van der Waals surface area contributed by atoms with Gasteiger partial charge in [-0.3, -0.25) is 9.59 Å². The first kappa shape index (κ1) is 14.6. The van der Waals surface area contributed by atoms with Crippen molar-refractivity contribution in [2.75, 3.05) is 7.05 Å². The molecule has 0 bridgehead atoms. The van der Waals surface area contributed by atoms with Gasteiger partial charge in [-0.1, -0.05) is 43.2 Å². The highest BCUT2D eigenvalue weighted by Gasteiger charge is 2.43. The minimum absolute atomic E-state index is 0.0850. The van der Waals surface area contributed by atoms with E-state index in [2.05, 4.69) is 0 Å². The summed E-state index contributed by atoms with van der Waals surface area (Å²) in [5.74, 6) is -0.908. The van der Waals surface area contributed by atoms with Gasteiger partial charge >= 0.3 is 5.97 Å². The van der Waals surface area contributed by atoms with Gasteiger partial charge in [0.1, 0.15) is 0 Å². The van der Waals surface area contributed by atoms with Gasteiger partial charge < -0.3 is 10.0 Å². The quantitative estimate of drug-likeness (QED) is 0.898. The number of carboxylic acid groups (broad SMARTS) is 1. The molecule has 0 aliphatic heterocycles. The Morgan fingerprint density at radius 2 is 1.80 bits per heavy atom. The lowest BCUT2D eigenvalue weighted by molar-refractivity contribution is -0.153. The van der Waals surface area contributed by atoms with E-state index in [1.54, 1.807) is 11.9 Å². The largest absolute Gasteiger partial charge is 0.481 e. The van der Waals surface area contributed by atoms with Gasteiger partial charge in [-0.15, -0.1) is 0 Å². The van der Waals surface area contributed by atoms with E-state index in [1.165, 1.54) is 0 Å².